The fourth-order valence-electron chi connectivity index (χ4n) is 1.52. The van der Waals surface area contributed by atoms with E-state index in [-0.39, 0.29) is 10.8 Å². The second kappa shape index (κ2) is 6.89. The lowest BCUT2D eigenvalue weighted by molar-refractivity contribution is 0.215. The zero-order valence-corrected chi connectivity index (χ0v) is 13.1. The summed E-state index contributed by atoms with van der Waals surface area (Å²) in [5.74, 6) is 0.780. The van der Waals surface area contributed by atoms with Gasteiger partial charge in [0.2, 0.25) is 0 Å². The van der Waals surface area contributed by atoms with Crippen molar-refractivity contribution in [1.29, 1.82) is 0 Å². The summed E-state index contributed by atoms with van der Waals surface area (Å²) in [5, 5.41) is 3.52. The number of carbonyl (C=O) groups is 1. The van der Waals surface area contributed by atoms with Crippen molar-refractivity contribution in [3.8, 4) is 11.5 Å². The Morgan fingerprint density at radius 3 is 2.43 bits per heavy atom. The number of hydrogen-bond acceptors (Lipinski definition) is 3. The predicted octanol–water partition coefficient (Wildman–Crippen LogP) is 5.27. The van der Waals surface area contributed by atoms with Crippen LogP contribution in [0.2, 0.25) is 15.1 Å². The van der Waals surface area contributed by atoms with Gasteiger partial charge >= 0.3 is 6.09 Å². The first-order valence-electron chi connectivity index (χ1n) is 5.77. The van der Waals surface area contributed by atoms with Gasteiger partial charge in [-0.3, -0.25) is 5.32 Å². The maximum atomic E-state index is 11.8. The molecule has 2 aromatic rings. The maximum Gasteiger partial charge on any atom is 0.417 e. The summed E-state index contributed by atoms with van der Waals surface area (Å²) in [4.78, 5) is 11.8. The molecule has 0 unspecified atom stereocenters. The number of amides is 1. The standard InChI is InChI=1S/C14H10Cl3NO3/c1-20-9-3-4-12(10(16)7-9)18-14(19)21-13-5-2-8(15)6-11(13)17/h2-7H,1H3,(H,18,19). The highest BCUT2D eigenvalue weighted by Crippen LogP contribution is 2.29. The van der Waals surface area contributed by atoms with Crippen molar-refractivity contribution >= 4 is 46.6 Å². The molecule has 0 aromatic heterocycles. The van der Waals surface area contributed by atoms with Crippen LogP contribution in [0.15, 0.2) is 36.4 Å². The van der Waals surface area contributed by atoms with Gasteiger partial charge in [-0.15, -0.1) is 0 Å². The van der Waals surface area contributed by atoms with Gasteiger partial charge in [-0.05, 0) is 30.3 Å². The van der Waals surface area contributed by atoms with E-state index in [0.29, 0.717) is 21.5 Å². The number of rotatable bonds is 3. The van der Waals surface area contributed by atoms with E-state index in [1.165, 1.54) is 19.2 Å². The predicted molar refractivity (Wildman–Crippen MR) is 84.1 cm³/mol. The molecule has 2 aromatic carbocycles. The lowest BCUT2D eigenvalue weighted by Crippen LogP contribution is -2.17. The van der Waals surface area contributed by atoms with E-state index in [4.69, 9.17) is 44.3 Å². The summed E-state index contributed by atoms with van der Waals surface area (Å²) in [6, 6.07) is 9.39. The van der Waals surface area contributed by atoms with Crippen LogP contribution in [0.4, 0.5) is 10.5 Å². The van der Waals surface area contributed by atoms with Crippen LogP contribution in [-0.4, -0.2) is 13.2 Å². The Morgan fingerprint density at radius 2 is 1.81 bits per heavy atom. The van der Waals surface area contributed by atoms with Gasteiger partial charge in [-0.1, -0.05) is 34.8 Å². The van der Waals surface area contributed by atoms with Crippen molar-refractivity contribution in [2.24, 2.45) is 0 Å². The smallest absolute Gasteiger partial charge is 0.417 e. The van der Waals surface area contributed by atoms with Crippen molar-refractivity contribution in [1.82, 2.24) is 0 Å². The van der Waals surface area contributed by atoms with Gasteiger partial charge in [0, 0.05) is 11.1 Å². The Hall–Kier alpha value is -1.62. The van der Waals surface area contributed by atoms with Crippen LogP contribution in [-0.2, 0) is 0 Å². The number of methoxy groups -OCH3 is 1. The van der Waals surface area contributed by atoms with E-state index in [1.54, 1.807) is 24.3 Å². The van der Waals surface area contributed by atoms with Crippen LogP contribution >= 0.6 is 34.8 Å². The third-order valence-electron chi connectivity index (χ3n) is 2.51. The average Bonchev–Trinajstić information content (AvgIpc) is 2.44. The quantitative estimate of drug-likeness (QED) is 0.824. The van der Waals surface area contributed by atoms with Crippen LogP contribution in [0.25, 0.3) is 0 Å². The molecule has 110 valence electrons. The van der Waals surface area contributed by atoms with Gasteiger partial charge in [0.15, 0.2) is 5.75 Å². The number of carbonyl (C=O) groups excluding carboxylic acids is 1. The average molecular weight is 347 g/mol. The van der Waals surface area contributed by atoms with Gasteiger partial charge < -0.3 is 9.47 Å². The first kappa shape index (κ1) is 15.8. The minimum Gasteiger partial charge on any atom is -0.497 e. The van der Waals surface area contributed by atoms with Crippen LogP contribution < -0.4 is 14.8 Å². The van der Waals surface area contributed by atoms with Gasteiger partial charge in [0.25, 0.3) is 0 Å². The first-order valence-corrected chi connectivity index (χ1v) is 6.90. The van der Waals surface area contributed by atoms with Crippen molar-refractivity contribution < 1.29 is 14.3 Å². The van der Waals surface area contributed by atoms with E-state index in [9.17, 15) is 4.79 Å². The molecule has 7 heteroatoms. The van der Waals surface area contributed by atoms with Crippen LogP contribution in [0.1, 0.15) is 0 Å². The molecular formula is C14H10Cl3NO3. The molecule has 0 heterocycles. The number of nitrogens with one attached hydrogen (secondary N) is 1. The molecule has 1 N–H and O–H groups in total. The molecule has 0 saturated heterocycles. The summed E-state index contributed by atoms with van der Waals surface area (Å²) in [5.41, 5.74) is 0.396. The molecule has 4 nitrogen and oxygen atoms in total. The third kappa shape index (κ3) is 4.17. The largest absolute Gasteiger partial charge is 0.497 e. The molecule has 0 fully saturated rings. The zero-order chi connectivity index (χ0) is 15.4. The highest BCUT2D eigenvalue weighted by Gasteiger charge is 2.11. The molecule has 0 aliphatic carbocycles. The summed E-state index contributed by atoms with van der Waals surface area (Å²) in [7, 11) is 1.52. The van der Waals surface area contributed by atoms with Crippen molar-refractivity contribution in [3.05, 3.63) is 51.5 Å². The fourth-order valence-corrected chi connectivity index (χ4v) is 2.18. The first-order chi connectivity index (χ1) is 9.99. The Kier molecular flexibility index (Phi) is 5.17. The normalized spacial score (nSPS) is 10.1. The topological polar surface area (TPSA) is 47.6 Å². The lowest BCUT2D eigenvalue weighted by atomic mass is 10.3. The Bertz CT molecular complexity index is 677. The SMILES string of the molecule is COc1ccc(NC(=O)Oc2ccc(Cl)cc2Cl)c(Cl)c1. The van der Waals surface area contributed by atoms with E-state index < -0.39 is 6.09 Å². The molecule has 2 rings (SSSR count). The van der Waals surface area contributed by atoms with Crippen molar-refractivity contribution in [3.63, 3.8) is 0 Å². The third-order valence-corrected chi connectivity index (χ3v) is 3.35. The molecule has 21 heavy (non-hydrogen) atoms. The van der Waals surface area contributed by atoms with Gasteiger partial charge in [0.1, 0.15) is 5.75 Å². The second-order valence-corrected chi connectivity index (χ2v) is 5.19. The minimum atomic E-state index is -0.716. The summed E-state index contributed by atoms with van der Waals surface area (Å²) >= 11 is 17.7. The molecule has 0 aliphatic heterocycles. The monoisotopic (exact) mass is 345 g/mol. The molecule has 0 spiro atoms. The Morgan fingerprint density at radius 1 is 1.05 bits per heavy atom. The molecule has 0 saturated carbocycles. The molecule has 0 atom stereocenters. The second-order valence-electron chi connectivity index (χ2n) is 3.94. The molecule has 1 amide bonds. The van der Waals surface area contributed by atoms with Gasteiger partial charge in [-0.25, -0.2) is 4.79 Å². The Balaban J connectivity index is 2.08. The molecule has 0 aliphatic rings. The summed E-state index contributed by atoms with van der Waals surface area (Å²) < 4.78 is 10.1. The molecule has 0 radical (unpaired) electrons. The van der Waals surface area contributed by atoms with Crippen LogP contribution in [0, 0.1) is 0 Å². The maximum absolute atomic E-state index is 11.8. The van der Waals surface area contributed by atoms with E-state index in [0.717, 1.165) is 0 Å². The summed E-state index contributed by atoms with van der Waals surface area (Å²) in [6.45, 7) is 0. The summed E-state index contributed by atoms with van der Waals surface area (Å²) in [6.07, 6.45) is -0.716. The fraction of sp³-hybridized carbons (Fsp3) is 0.0714. The number of hydrogen-bond donors (Lipinski definition) is 1. The Labute approximate surface area is 136 Å². The number of anilines is 1. The number of ether oxygens (including phenoxy) is 2. The minimum absolute atomic E-state index is 0.197. The van der Waals surface area contributed by atoms with Crippen molar-refractivity contribution in [2.45, 2.75) is 0 Å². The highest BCUT2D eigenvalue weighted by molar-refractivity contribution is 6.35. The van der Waals surface area contributed by atoms with Gasteiger partial charge in [-0.2, -0.15) is 0 Å². The molecule has 0 bridgehead atoms. The van der Waals surface area contributed by atoms with Crippen molar-refractivity contribution in [2.75, 3.05) is 12.4 Å². The van der Waals surface area contributed by atoms with Crippen LogP contribution in [0.3, 0.4) is 0 Å². The van der Waals surface area contributed by atoms with E-state index >= 15 is 0 Å². The van der Waals surface area contributed by atoms with Gasteiger partial charge in [0.05, 0.1) is 22.8 Å². The zero-order valence-electron chi connectivity index (χ0n) is 10.8. The number of halogens is 3. The lowest BCUT2D eigenvalue weighted by Gasteiger charge is -2.10. The number of benzene rings is 2. The van der Waals surface area contributed by atoms with E-state index in [1.807, 2.05) is 0 Å². The molecular weight excluding hydrogens is 337 g/mol. The highest BCUT2D eigenvalue weighted by atomic mass is 35.5. The van der Waals surface area contributed by atoms with E-state index in [2.05, 4.69) is 5.32 Å². The van der Waals surface area contributed by atoms with Crippen LogP contribution in [0.5, 0.6) is 11.5 Å².